The van der Waals surface area contributed by atoms with Gasteiger partial charge in [-0.1, -0.05) is 23.7 Å². The Kier molecular flexibility index (Phi) is 3.32. The van der Waals surface area contributed by atoms with Crippen molar-refractivity contribution in [1.82, 2.24) is 0 Å². The molecule has 20 heavy (non-hydrogen) atoms. The van der Waals surface area contributed by atoms with Crippen LogP contribution in [-0.2, 0) is 0 Å². The molecule has 0 bridgehead atoms. The van der Waals surface area contributed by atoms with Gasteiger partial charge in [0.15, 0.2) is 11.5 Å². The smallest absolute Gasteiger partial charge is 0.231 e. The fourth-order valence-electron chi connectivity index (χ4n) is 2.01. The minimum atomic E-state index is 0.221. The van der Waals surface area contributed by atoms with Gasteiger partial charge in [-0.3, -0.25) is 0 Å². The number of nitrogens with zero attached hydrogens (tertiary/aromatic N) is 1. The lowest BCUT2D eigenvalue weighted by Gasteiger charge is -2.02. The second-order valence-corrected chi connectivity index (χ2v) is 4.73. The van der Waals surface area contributed by atoms with Crippen molar-refractivity contribution in [1.29, 1.82) is 5.26 Å². The van der Waals surface area contributed by atoms with Gasteiger partial charge < -0.3 is 9.47 Å². The van der Waals surface area contributed by atoms with Crippen LogP contribution in [0.4, 0.5) is 0 Å². The Morgan fingerprint density at radius 2 is 2.00 bits per heavy atom. The Balaban J connectivity index is 2.00. The standard InChI is InChI=1S/C16H10ClNO2/c17-14-3-1-2-11(7-14)6-13(9-18)12-4-5-15-16(8-12)20-10-19-15/h1-8H,10H2/b13-6-. The van der Waals surface area contributed by atoms with Crippen LogP contribution in [0.15, 0.2) is 42.5 Å². The number of fused-ring (bicyclic) bond motifs is 1. The molecule has 3 rings (SSSR count). The molecule has 4 heteroatoms. The molecule has 2 aromatic carbocycles. The van der Waals surface area contributed by atoms with Crippen LogP contribution in [0.3, 0.4) is 0 Å². The highest BCUT2D eigenvalue weighted by Gasteiger charge is 2.14. The fourth-order valence-corrected chi connectivity index (χ4v) is 2.21. The van der Waals surface area contributed by atoms with Gasteiger partial charge in [0, 0.05) is 5.02 Å². The molecular formula is C16H10ClNO2. The molecule has 0 radical (unpaired) electrons. The third kappa shape index (κ3) is 2.47. The lowest BCUT2D eigenvalue weighted by Crippen LogP contribution is -1.92. The second kappa shape index (κ2) is 5.28. The van der Waals surface area contributed by atoms with Crippen LogP contribution in [0.2, 0.25) is 5.02 Å². The van der Waals surface area contributed by atoms with Gasteiger partial charge in [0.25, 0.3) is 0 Å². The van der Waals surface area contributed by atoms with Gasteiger partial charge in [-0.15, -0.1) is 0 Å². The number of hydrogen-bond acceptors (Lipinski definition) is 3. The summed E-state index contributed by atoms with van der Waals surface area (Å²) < 4.78 is 10.6. The highest BCUT2D eigenvalue weighted by Crippen LogP contribution is 2.34. The van der Waals surface area contributed by atoms with Crippen molar-refractivity contribution in [3.05, 3.63) is 58.6 Å². The zero-order valence-electron chi connectivity index (χ0n) is 10.5. The number of rotatable bonds is 2. The molecule has 1 aliphatic rings. The van der Waals surface area contributed by atoms with Crippen molar-refractivity contribution in [2.45, 2.75) is 0 Å². The second-order valence-electron chi connectivity index (χ2n) is 4.29. The Morgan fingerprint density at radius 1 is 1.15 bits per heavy atom. The first-order valence-corrected chi connectivity index (χ1v) is 6.41. The average Bonchev–Trinajstić information content (AvgIpc) is 2.92. The van der Waals surface area contributed by atoms with Crippen LogP contribution >= 0.6 is 11.6 Å². The molecule has 0 spiro atoms. The first-order chi connectivity index (χ1) is 9.76. The van der Waals surface area contributed by atoms with E-state index in [9.17, 15) is 5.26 Å². The minimum Gasteiger partial charge on any atom is -0.454 e. The Bertz CT molecular complexity index is 731. The van der Waals surface area contributed by atoms with Crippen molar-refractivity contribution in [2.75, 3.05) is 6.79 Å². The molecule has 1 aliphatic heterocycles. The van der Waals surface area contributed by atoms with Crippen LogP contribution in [0.1, 0.15) is 11.1 Å². The topological polar surface area (TPSA) is 42.2 Å². The van der Waals surface area contributed by atoms with Crippen molar-refractivity contribution < 1.29 is 9.47 Å². The first-order valence-electron chi connectivity index (χ1n) is 6.03. The van der Waals surface area contributed by atoms with Gasteiger partial charge in [-0.25, -0.2) is 0 Å². The maximum absolute atomic E-state index is 9.34. The summed E-state index contributed by atoms with van der Waals surface area (Å²) in [5.74, 6) is 1.36. The molecule has 0 amide bonds. The number of halogens is 1. The van der Waals surface area contributed by atoms with Crippen molar-refractivity contribution in [3.8, 4) is 17.6 Å². The molecule has 0 saturated carbocycles. The molecule has 0 atom stereocenters. The molecule has 0 saturated heterocycles. The third-order valence-electron chi connectivity index (χ3n) is 2.96. The number of ether oxygens (including phenoxy) is 2. The zero-order valence-corrected chi connectivity index (χ0v) is 11.2. The summed E-state index contributed by atoms with van der Waals surface area (Å²) in [5, 5.41) is 9.98. The molecular weight excluding hydrogens is 274 g/mol. The summed E-state index contributed by atoms with van der Waals surface area (Å²) >= 11 is 5.95. The summed E-state index contributed by atoms with van der Waals surface area (Å²) in [7, 11) is 0. The summed E-state index contributed by atoms with van der Waals surface area (Å²) in [5.41, 5.74) is 2.22. The molecule has 1 heterocycles. The van der Waals surface area contributed by atoms with E-state index in [-0.39, 0.29) is 6.79 Å². The fraction of sp³-hybridized carbons (Fsp3) is 0.0625. The molecule has 2 aromatic rings. The van der Waals surface area contributed by atoms with Crippen molar-refractivity contribution >= 4 is 23.3 Å². The van der Waals surface area contributed by atoms with Crippen LogP contribution < -0.4 is 9.47 Å². The van der Waals surface area contributed by atoms with Gasteiger partial charge in [0.1, 0.15) is 0 Å². The maximum Gasteiger partial charge on any atom is 0.231 e. The van der Waals surface area contributed by atoms with E-state index in [4.69, 9.17) is 21.1 Å². The number of hydrogen-bond donors (Lipinski definition) is 0. The summed E-state index contributed by atoms with van der Waals surface area (Å²) in [4.78, 5) is 0. The highest BCUT2D eigenvalue weighted by atomic mass is 35.5. The van der Waals surface area contributed by atoms with E-state index in [0.717, 1.165) is 11.1 Å². The van der Waals surface area contributed by atoms with E-state index in [1.54, 1.807) is 18.2 Å². The number of benzene rings is 2. The van der Waals surface area contributed by atoms with E-state index < -0.39 is 0 Å². The lowest BCUT2D eigenvalue weighted by atomic mass is 10.0. The number of nitriles is 1. The third-order valence-corrected chi connectivity index (χ3v) is 3.20. The van der Waals surface area contributed by atoms with E-state index >= 15 is 0 Å². The Hall–Kier alpha value is -2.44. The van der Waals surface area contributed by atoms with Gasteiger partial charge in [-0.2, -0.15) is 5.26 Å². The van der Waals surface area contributed by atoms with Gasteiger partial charge >= 0.3 is 0 Å². The van der Waals surface area contributed by atoms with Crippen LogP contribution in [0.5, 0.6) is 11.5 Å². The van der Waals surface area contributed by atoms with Crippen LogP contribution in [-0.4, -0.2) is 6.79 Å². The highest BCUT2D eigenvalue weighted by molar-refractivity contribution is 6.30. The predicted molar refractivity (Wildman–Crippen MR) is 77.5 cm³/mol. The van der Waals surface area contributed by atoms with Crippen LogP contribution in [0.25, 0.3) is 11.6 Å². The average molecular weight is 284 g/mol. The van der Waals surface area contributed by atoms with Gasteiger partial charge in [-0.05, 0) is 47.5 Å². The van der Waals surface area contributed by atoms with E-state index in [1.165, 1.54) is 0 Å². The van der Waals surface area contributed by atoms with Crippen molar-refractivity contribution in [2.24, 2.45) is 0 Å². The summed E-state index contributed by atoms with van der Waals surface area (Å²) in [6.07, 6.45) is 1.80. The molecule has 3 nitrogen and oxygen atoms in total. The molecule has 98 valence electrons. The van der Waals surface area contributed by atoms with E-state index in [2.05, 4.69) is 6.07 Å². The van der Waals surface area contributed by atoms with E-state index in [1.807, 2.05) is 30.3 Å². The number of allylic oxidation sites excluding steroid dienone is 1. The van der Waals surface area contributed by atoms with Crippen LogP contribution in [0, 0.1) is 11.3 Å². The molecule has 0 aromatic heterocycles. The van der Waals surface area contributed by atoms with Gasteiger partial charge in [0.2, 0.25) is 6.79 Å². The SMILES string of the molecule is N#C/C(=C/c1cccc(Cl)c1)c1ccc2c(c1)OCO2. The summed E-state index contributed by atoms with van der Waals surface area (Å²) in [6, 6.07) is 15.0. The first kappa shape index (κ1) is 12.6. The molecule has 0 aliphatic carbocycles. The summed E-state index contributed by atoms with van der Waals surface area (Å²) in [6.45, 7) is 0.221. The largest absolute Gasteiger partial charge is 0.454 e. The molecule has 0 N–H and O–H groups in total. The molecule has 0 fully saturated rings. The normalized spacial score (nSPS) is 13.1. The predicted octanol–water partition coefficient (Wildman–Crippen LogP) is 4.13. The monoisotopic (exact) mass is 283 g/mol. The quantitative estimate of drug-likeness (QED) is 0.615. The molecule has 0 unspecified atom stereocenters. The lowest BCUT2D eigenvalue weighted by molar-refractivity contribution is 0.174. The van der Waals surface area contributed by atoms with Crippen molar-refractivity contribution in [3.63, 3.8) is 0 Å². The maximum atomic E-state index is 9.34. The Morgan fingerprint density at radius 3 is 2.80 bits per heavy atom. The van der Waals surface area contributed by atoms with E-state index in [0.29, 0.717) is 22.1 Å². The minimum absolute atomic E-state index is 0.221. The zero-order chi connectivity index (χ0) is 13.9. The Labute approximate surface area is 121 Å². The van der Waals surface area contributed by atoms with Gasteiger partial charge in [0.05, 0.1) is 11.6 Å².